The molecule has 9 atom stereocenters. The minimum atomic E-state index is -1.98. The van der Waals surface area contributed by atoms with E-state index in [0.717, 1.165) is 5.69 Å². The second-order valence-electron chi connectivity index (χ2n) is 16.9. The molecule has 3 fully saturated rings. The number of amides is 1. The molecule has 61 heavy (non-hydrogen) atoms. The summed E-state index contributed by atoms with van der Waals surface area (Å²) in [5.41, 5.74) is 8.49. The second-order valence-corrected chi connectivity index (χ2v) is 16.9. The number of Topliss-reactive ketones (excluding diaryl/α,β-unsaturated/α-hetero) is 1. The average Bonchev–Trinajstić information content (AvgIpc) is 3.41. The Labute approximate surface area is 350 Å². The monoisotopic (exact) mass is 846 g/mol. The van der Waals surface area contributed by atoms with Gasteiger partial charge in [-0.15, -0.1) is 0 Å². The van der Waals surface area contributed by atoms with E-state index in [9.17, 15) is 44.4 Å². The number of fused-ring (bicyclic) bond motifs is 6. The van der Waals surface area contributed by atoms with Gasteiger partial charge in [0, 0.05) is 41.5 Å². The Balaban J connectivity index is 0.000000206. The molecule has 0 bridgehead atoms. The van der Waals surface area contributed by atoms with Crippen molar-refractivity contribution in [3.05, 3.63) is 65.5 Å². The van der Waals surface area contributed by atoms with Crippen molar-refractivity contribution in [3.8, 4) is 0 Å². The standard InChI is InChI=1S/C22H29FO5.C20H22N8O5/c1-12-8-16-15-5-4-13-9-14(25)6-7-19(13,2)21(15,23)17(26)10-20(16,3)22(12,28)18(27)11-24;1-28(9-11-8-23-17-15(24-11)16(21)26-20(22)27-17)12-4-2-10(3-5-12)18(31)25-13(19(32)33)6-7-14(29)30/h6-7,9,12,15-17,24,26,28H,4-5,8,10-11H2,1-3H3;2-5,8,13H,6-7,9H2,1H3,(H,25,31)(H,29,30)(H,32,33)(H4,21,22,23,26,27)/t12-,15+,16+,17+,19+,20+,21+,22+;13-/m10/s1. The first-order valence-corrected chi connectivity index (χ1v) is 19.9. The number of carboxylic acids is 2. The molecule has 1 amide bonds. The summed E-state index contributed by atoms with van der Waals surface area (Å²) in [5, 5.41) is 52.2. The van der Waals surface area contributed by atoms with E-state index in [1.54, 1.807) is 45.2 Å². The zero-order valence-electron chi connectivity index (χ0n) is 34.2. The number of nitrogens with one attached hydrogen (secondary N) is 1. The smallest absolute Gasteiger partial charge is 0.326 e. The van der Waals surface area contributed by atoms with Gasteiger partial charge in [-0.25, -0.2) is 19.2 Å². The highest BCUT2D eigenvalue weighted by molar-refractivity contribution is 6.01. The minimum Gasteiger partial charge on any atom is -0.481 e. The van der Waals surface area contributed by atoms with Gasteiger partial charge in [0.2, 0.25) is 5.95 Å². The molecule has 1 aromatic carbocycles. The van der Waals surface area contributed by atoms with E-state index in [2.05, 4.69) is 25.3 Å². The molecule has 0 radical (unpaired) electrons. The maximum Gasteiger partial charge on any atom is 0.326 e. The first-order chi connectivity index (χ1) is 28.6. The summed E-state index contributed by atoms with van der Waals surface area (Å²) in [4.78, 5) is 77.1. The molecule has 0 aliphatic heterocycles. The maximum absolute atomic E-state index is 16.9. The normalized spacial score (nSPS) is 30.4. The number of aliphatic carboxylic acids is 2. The van der Waals surface area contributed by atoms with Crippen molar-refractivity contribution in [1.29, 1.82) is 0 Å². The highest BCUT2D eigenvalue weighted by Gasteiger charge is 2.75. The van der Waals surface area contributed by atoms with E-state index in [0.29, 0.717) is 48.2 Å². The van der Waals surface area contributed by atoms with Crippen LogP contribution in [0.5, 0.6) is 0 Å². The molecule has 0 saturated heterocycles. The third-order valence-electron chi connectivity index (χ3n) is 13.5. The van der Waals surface area contributed by atoms with Crippen LogP contribution in [0.15, 0.2) is 54.3 Å². The summed E-state index contributed by atoms with van der Waals surface area (Å²) in [6.07, 6.45) is 5.40. The fraction of sp³-hybridized carbons (Fsp3) is 0.500. The van der Waals surface area contributed by atoms with Crippen LogP contribution < -0.4 is 21.7 Å². The molecule has 326 valence electrons. The van der Waals surface area contributed by atoms with Crippen molar-refractivity contribution in [2.45, 2.75) is 89.3 Å². The van der Waals surface area contributed by atoms with Gasteiger partial charge in [-0.05, 0) is 87.3 Å². The lowest BCUT2D eigenvalue weighted by Gasteiger charge is -2.62. The lowest BCUT2D eigenvalue weighted by molar-refractivity contribution is -0.219. The van der Waals surface area contributed by atoms with Gasteiger partial charge in [0.15, 0.2) is 34.2 Å². The van der Waals surface area contributed by atoms with Crippen LogP contribution in [-0.2, 0) is 25.7 Å². The Hall–Kier alpha value is -5.92. The lowest BCUT2D eigenvalue weighted by Crippen LogP contribution is -2.69. The van der Waals surface area contributed by atoms with Gasteiger partial charge in [0.1, 0.15) is 18.2 Å². The number of carbonyl (C=O) groups is 5. The van der Waals surface area contributed by atoms with Crippen LogP contribution in [0.1, 0.15) is 75.3 Å². The van der Waals surface area contributed by atoms with Crippen molar-refractivity contribution in [2.75, 3.05) is 30.0 Å². The zero-order chi connectivity index (χ0) is 44.8. The zero-order valence-corrected chi connectivity index (χ0v) is 34.2. The number of ketones is 2. The van der Waals surface area contributed by atoms with Crippen LogP contribution in [0.2, 0.25) is 0 Å². The molecule has 7 rings (SSSR count). The van der Waals surface area contributed by atoms with E-state index in [-0.39, 0.29) is 48.3 Å². The predicted molar refractivity (Wildman–Crippen MR) is 218 cm³/mol. The predicted octanol–water partition coefficient (Wildman–Crippen LogP) is 2.16. The van der Waals surface area contributed by atoms with Gasteiger partial charge in [0.25, 0.3) is 5.91 Å². The average molecular weight is 847 g/mol. The van der Waals surface area contributed by atoms with E-state index in [1.807, 2.05) is 11.9 Å². The summed E-state index contributed by atoms with van der Waals surface area (Å²) < 4.78 is 16.9. The molecule has 3 aromatic rings. The Bertz CT molecular complexity index is 2330. The highest BCUT2D eigenvalue weighted by Crippen LogP contribution is 2.70. The number of aliphatic hydroxyl groups is 3. The number of nitrogens with zero attached hydrogens (tertiary/aromatic N) is 5. The summed E-state index contributed by atoms with van der Waals surface area (Å²) in [6.45, 7) is 4.85. The first kappa shape index (κ1) is 44.6. The third kappa shape index (κ3) is 7.69. The largest absolute Gasteiger partial charge is 0.481 e. The molecule has 4 aliphatic rings. The number of hydrogen-bond donors (Lipinski definition) is 8. The van der Waals surface area contributed by atoms with Crippen LogP contribution in [0, 0.1) is 28.6 Å². The SMILES string of the molecule is CN(Cc1cnc2nc(N)nc(N)c2n1)c1ccc(C(=O)N[C@@H](CCC(=O)O)C(=O)O)cc1.C[C@@H]1C[C@H]2[C@@H]3CCC4=CC(=O)C=C[C@]4(C)[C@@]3(F)[C@@H](O)C[C@]2(C)[C@@]1(O)C(=O)CO. The van der Waals surface area contributed by atoms with Crippen LogP contribution >= 0.6 is 0 Å². The molecule has 4 aliphatic carbocycles. The van der Waals surface area contributed by atoms with E-state index < -0.39 is 76.3 Å². The van der Waals surface area contributed by atoms with E-state index in [1.165, 1.54) is 24.3 Å². The molecule has 3 saturated carbocycles. The number of halogens is 1. The van der Waals surface area contributed by atoms with Crippen molar-refractivity contribution in [2.24, 2.45) is 28.6 Å². The number of hydrogen-bond acceptors (Lipinski definition) is 15. The number of rotatable bonds is 11. The van der Waals surface area contributed by atoms with Gasteiger partial charge in [0.05, 0.1) is 24.5 Å². The Morgan fingerprint density at radius 3 is 2.39 bits per heavy atom. The molecular formula is C42H51FN8O10. The molecule has 18 nitrogen and oxygen atoms in total. The number of nitrogen functional groups attached to an aromatic ring is 2. The number of anilines is 3. The summed E-state index contributed by atoms with van der Waals surface area (Å²) in [5.74, 6) is -5.03. The van der Waals surface area contributed by atoms with Crippen LogP contribution in [0.3, 0.4) is 0 Å². The van der Waals surface area contributed by atoms with Crippen LogP contribution in [0.25, 0.3) is 11.2 Å². The van der Waals surface area contributed by atoms with Gasteiger partial charge < -0.3 is 47.2 Å². The van der Waals surface area contributed by atoms with Gasteiger partial charge in [-0.3, -0.25) is 19.2 Å². The van der Waals surface area contributed by atoms with Gasteiger partial charge in [-0.2, -0.15) is 9.97 Å². The number of aliphatic hydroxyl groups excluding tert-OH is 2. The number of allylic oxidation sites excluding steroid dienone is 4. The number of alkyl halides is 1. The summed E-state index contributed by atoms with van der Waals surface area (Å²) in [7, 11) is 1.82. The van der Waals surface area contributed by atoms with Crippen molar-refractivity contribution >= 4 is 58.0 Å². The number of benzene rings is 1. The number of carboxylic acid groups (broad SMARTS) is 2. The number of carbonyl (C=O) groups excluding carboxylic acids is 3. The van der Waals surface area contributed by atoms with Crippen LogP contribution in [0.4, 0.5) is 21.8 Å². The molecule has 0 unspecified atom stereocenters. The van der Waals surface area contributed by atoms with Crippen molar-refractivity contribution in [1.82, 2.24) is 25.3 Å². The Kier molecular flexibility index (Phi) is 12.1. The van der Waals surface area contributed by atoms with Gasteiger partial charge >= 0.3 is 11.9 Å². The third-order valence-corrected chi connectivity index (χ3v) is 13.5. The second kappa shape index (κ2) is 16.5. The molecule has 0 spiro atoms. The molecule has 2 aromatic heterocycles. The van der Waals surface area contributed by atoms with Gasteiger partial charge in [-0.1, -0.05) is 25.5 Å². The maximum atomic E-state index is 16.9. The molecular weight excluding hydrogens is 796 g/mol. The molecule has 10 N–H and O–H groups in total. The van der Waals surface area contributed by atoms with Crippen molar-refractivity contribution < 1.29 is 53.9 Å². The minimum absolute atomic E-state index is 0.0138. The molecule has 19 heteroatoms. The first-order valence-electron chi connectivity index (χ1n) is 19.9. The number of nitrogens with two attached hydrogens (primary N) is 2. The topological polar surface area (TPSA) is 305 Å². The fourth-order valence-corrected chi connectivity index (χ4v) is 10.3. The van der Waals surface area contributed by atoms with Crippen LogP contribution in [-0.4, -0.2) is 112 Å². The summed E-state index contributed by atoms with van der Waals surface area (Å²) in [6, 6.07) is 5.16. The number of aromatic nitrogens is 4. The quantitative estimate of drug-likeness (QED) is 0.137. The lowest BCUT2D eigenvalue weighted by atomic mass is 9.44. The van der Waals surface area contributed by atoms with E-state index >= 15 is 4.39 Å². The Morgan fingerprint density at radius 2 is 1.75 bits per heavy atom. The summed E-state index contributed by atoms with van der Waals surface area (Å²) >= 11 is 0. The highest BCUT2D eigenvalue weighted by atomic mass is 19.1. The molecule has 2 heterocycles. The van der Waals surface area contributed by atoms with E-state index in [4.69, 9.17) is 16.6 Å². The Morgan fingerprint density at radius 1 is 1.07 bits per heavy atom. The van der Waals surface area contributed by atoms with Crippen molar-refractivity contribution in [3.63, 3.8) is 0 Å². The fourth-order valence-electron chi connectivity index (χ4n) is 10.3.